The summed E-state index contributed by atoms with van der Waals surface area (Å²) in [6, 6.07) is 0. The van der Waals surface area contributed by atoms with Crippen molar-refractivity contribution in [2.24, 2.45) is 0 Å². The van der Waals surface area contributed by atoms with Crippen LogP contribution in [-0.2, 0) is 10.0 Å². The van der Waals surface area contributed by atoms with Gasteiger partial charge < -0.3 is 10.8 Å². The van der Waals surface area contributed by atoms with E-state index >= 15 is 0 Å². The minimum absolute atomic E-state index is 0.0894. The Labute approximate surface area is 98.6 Å². The smallest absolute Gasteiger partial charge is 0.252 e. The summed E-state index contributed by atoms with van der Waals surface area (Å²) in [6.45, 7) is 4.46. The Bertz CT molecular complexity index is 479. The number of thiazole rings is 1. The summed E-state index contributed by atoms with van der Waals surface area (Å²) >= 11 is 0.907. The van der Waals surface area contributed by atoms with Crippen LogP contribution in [-0.4, -0.2) is 30.7 Å². The standard InChI is InChI=1S/C8H15N3O3S2/c1-5-6(15-7(9)10-5)16(13,14)11-8(2,3)4-12/h11-12H,4H2,1-3H3,(H2,9,10). The molecule has 8 heteroatoms. The molecule has 0 aromatic carbocycles. The van der Waals surface area contributed by atoms with Gasteiger partial charge in [-0.3, -0.25) is 0 Å². The second kappa shape index (κ2) is 4.28. The fourth-order valence-corrected chi connectivity index (χ4v) is 3.80. The third-order valence-electron chi connectivity index (χ3n) is 1.82. The van der Waals surface area contributed by atoms with Gasteiger partial charge in [-0.25, -0.2) is 18.1 Å². The molecule has 0 aliphatic carbocycles. The molecule has 0 aliphatic rings. The predicted octanol–water partition coefficient (Wildman–Crippen LogP) is 0.0829. The maximum absolute atomic E-state index is 11.9. The van der Waals surface area contributed by atoms with Gasteiger partial charge in [-0.2, -0.15) is 0 Å². The molecular formula is C8H15N3O3S2. The maximum Gasteiger partial charge on any atom is 0.252 e. The van der Waals surface area contributed by atoms with E-state index in [4.69, 9.17) is 10.8 Å². The Morgan fingerprint density at radius 2 is 2.12 bits per heavy atom. The van der Waals surface area contributed by atoms with Crippen molar-refractivity contribution < 1.29 is 13.5 Å². The lowest BCUT2D eigenvalue weighted by molar-refractivity contribution is 0.208. The number of nitrogens with zero attached hydrogens (tertiary/aromatic N) is 1. The third kappa shape index (κ3) is 2.91. The lowest BCUT2D eigenvalue weighted by Crippen LogP contribution is -2.46. The second-order valence-electron chi connectivity index (χ2n) is 4.07. The molecule has 0 unspecified atom stereocenters. The number of nitrogens with one attached hydrogen (secondary N) is 1. The topological polar surface area (TPSA) is 105 Å². The van der Waals surface area contributed by atoms with Gasteiger partial charge in [-0.05, 0) is 20.8 Å². The number of nitrogen functional groups attached to an aromatic ring is 1. The molecule has 0 atom stereocenters. The van der Waals surface area contributed by atoms with E-state index < -0.39 is 15.6 Å². The SMILES string of the molecule is Cc1nc(N)sc1S(=O)(=O)NC(C)(C)CO. The Balaban J connectivity index is 3.09. The van der Waals surface area contributed by atoms with E-state index in [1.807, 2.05) is 0 Å². The van der Waals surface area contributed by atoms with Gasteiger partial charge in [0.15, 0.2) is 9.34 Å². The summed E-state index contributed by atoms with van der Waals surface area (Å²) in [5, 5.41) is 9.22. The van der Waals surface area contributed by atoms with Crippen molar-refractivity contribution in [2.75, 3.05) is 12.3 Å². The van der Waals surface area contributed by atoms with Gasteiger partial charge in [0, 0.05) is 0 Å². The lowest BCUT2D eigenvalue weighted by atomic mass is 10.1. The molecule has 1 heterocycles. The zero-order chi connectivity index (χ0) is 12.6. The van der Waals surface area contributed by atoms with Crippen LogP contribution in [0.1, 0.15) is 19.5 Å². The molecule has 0 saturated heterocycles. The van der Waals surface area contributed by atoms with Gasteiger partial charge in [0.25, 0.3) is 10.0 Å². The Morgan fingerprint density at radius 1 is 1.56 bits per heavy atom. The molecule has 16 heavy (non-hydrogen) atoms. The molecule has 0 aliphatic heterocycles. The molecule has 0 spiro atoms. The quantitative estimate of drug-likeness (QED) is 0.715. The molecule has 0 fully saturated rings. The summed E-state index contributed by atoms with van der Waals surface area (Å²) in [6.07, 6.45) is 0. The van der Waals surface area contributed by atoms with E-state index in [2.05, 4.69) is 9.71 Å². The first-order chi connectivity index (χ1) is 7.18. The zero-order valence-electron chi connectivity index (χ0n) is 9.31. The fourth-order valence-electron chi connectivity index (χ4n) is 1.09. The van der Waals surface area contributed by atoms with Crippen molar-refractivity contribution >= 4 is 26.5 Å². The van der Waals surface area contributed by atoms with Crippen molar-refractivity contribution in [1.29, 1.82) is 0 Å². The van der Waals surface area contributed by atoms with Crippen molar-refractivity contribution in [3.63, 3.8) is 0 Å². The number of sulfonamides is 1. The highest BCUT2D eigenvalue weighted by Gasteiger charge is 2.28. The number of aliphatic hydroxyl groups is 1. The number of anilines is 1. The molecule has 6 nitrogen and oxygen atoms in total. The van der Waals surface area contributed by atoms with Crippen LogP contribution in [0.2, 0.25) is 0 Å². The molecule has 0 bridgehead atoms. The lowest BCUT2D eigenvalue weighted by Gasteiger charge is -2.22. The second-order valence-corrected chi connectivity index (χ2v) is 6.98. The van der Waals surface area contributed by atoms with Crippen LogP contribution in [0.4, 0.5) is 5.13 Å². The first kappa shape index (κ1) is 13.4. The molecule has 4 N–H and O–H groups in total. The van der Waals surface area contributed by atoms with Crippen LogP contribution < -0.4 is 10.5 Å². The number of hydrogen-bond acceptors (Lipinski definition) is 6. The van der Waals surface area contributed by atoms with Gasteiger partial charge in [0.2, 0.25) is 0 Å². The van der Waals surface area contributed by atoms with E-state index in [1.54, 1.807) is 20.8 Å². The van der Waals surface area contributed by atoms with Crippen molar-refractivity contribution in [2.45, 2.75) is 30.5 Å². The molecule has 1 aromatic heterocycles. The number of nitrogens with two attached hydrogens (primary N) is 1. The van der Waals surface area contributed by atoms with Gasteiger partial charge in [-0.15, -0.1) is 0 Å². The Hall–Kier alpha value is -0.700. The van der Waals surface area contributed by atoms with E-state index in [0.717, 1.165) is 11.3 Å². The van der Waals surface area contributed by atoms with Crippen LogP contribution in [0.15, 0.2) is 4.21 Å². The van der Waals surface area contributed by atoms with Crippen molar-refractivity contribution in [1.82, 2.24) is 9.71 Å². The van der Waals surface area contributed by atoms with Gasteiger partial charge in [0.1, 0.15) is 0 Å². The summed E-state index contributed by atoms with van der Waals surface area (Å²) in [5.74, 6) is 0. The van der Waals surface area contributed by atoms with E-state index in [-0.39, 0.29) is 15.9 Å². The van der Waals surface area contributed by atoms with Gasteiger partial charge in [-0.1, -0.05) is 11.3 Å². The number of aromatic nitrogens is 1. The molecular weight excluding hydrogens is 250 g/mol. The number of rotatable bonds is 4. The van der Waals surface area contributed by atoms with Gasteiger partial charge in [0.05, 0.1) is 17.8 Å². The number of aryl methyl sites for hydroxylation is 1. The summed E-state index contributed by atoms with van der Waals surface area (Å²) in [5.41, 5.74) is 4.89. The fraction of sp³-hybridized carbons (Fsp3) is 0.625. The van der Waals surface area contributed by atoms with E-state index in [1.165, 1.54) is 0 Å². The van der Waals surface area contributed by atoms with E-state index in [9.17, 15) is 8.42 Å². The van der Waals surface area contributed by atoms with E-state index in [0.29, 0.717) is 5.69 Å². The molecule has 0 amide bonds. The third-order valence-corrected chi connectivity index (χ3v) is 5.11. The Kier molecular flexibility index (Phi) is 3.58. The molecule has 0 radical (unpaired) electrons. The minimum atomic E-state index is -3.67. The number of aliphatic hydroxyl groups excluding tert-OH is 1. The average Bonchev–Trinajstić information content (AvgIpc) is 2.44. The highest BCUT2D eigenvalue weighted by molar-refractivity contribution is 7.91. The van der Waals surface area contributed by atoms with Crippen molar-refractivity contribution in [3.05, 3.63) is 5.69 Å². The van der Waals surface area contributed by atoms with Crippen molar-refractivity contribution in [3.8, 4) is 0 Å². The van der Waals surface area contributed by atoms with Crippen LogP contribution in [0.3, 0.4) is 0 Å². The highest BCUT2D eigenvalue weighted by Crippen LogP contribution is 2.25. The minimum Gasteiger partial charge on any atom is -0.394 e. The normalized spacial score (nSPS) is 13.0. The molecule has 1 aromatic rings. The molecule has 1 rings (SSSR count). The summed E-state index contributed by atoms with van der Waals surface area (Å²) in [7, 11) is -3.67. The Morgan fingerprint density at radius 3 is 2.50 bits per heavy atom. The van der Waals surface area contributed by atoms with Crippen LogP contribution >= 0.6 is 11.3 Å². The molecule has 92 valence electrons. The average molecular weight is 265 g/mol. The predicted molar refractivity (Wildman–Crippen MR) is 62.7 cm³/mol. The summed E-state index contributed by atoms with van der Waals surface area (Å²) in [4.78, 5) is 3.85. The molecule has 0 saturated carbocycles. The van der Waals surface area contributed by atoms with Crippen LogP contribution in [0, 0.1) is 6.92 Å². The first-order valence-corrected chi connectivity index (χ1v) is 6.86. The van der Waals surface area contributed by atoms with Gasteiger partial charge >= 0.3 is 0 Å². The largest absolute Gasteiger partial charge is 0.394 e. The van der Waals surface area contributed by atoms with Crippen LogP contribution in [0.5, 0.6) is 0 Å². The van der Waals surface area contributed by atoms with Crippen LogP contribution in [0.25, 0.3) is 0 Å². The number of hydrogen-bond donors (Lipinski definition) is 3. The first-order valence-electron chi connectivity index (χ1n) is 4.56. The summed E-state index contributed by atoms with van der Waals surface area (Å²) < 4.78 is 26.3. The highest BCUT2D eigenvalue weighted by atomic mass is 32.2. The monoisotopic (exact) mass is 265 g/mol. The zero-order valence-corrected chi connectivity index (χ0v) is 10.9. The maximum atomic E-state index is 11.9.